The summed E-state index contributed by atoms with van der Waals surface area (Å²) < 4.78 is 0. The first-order valence-electron chi connectivity index (χ1n) is 14.8. The topological polar surface area (TPSA) is 0 Å². The van der Waals surface area contributed by atoms with Crippen LogP contribution in [-0.2, 0) is 12.8 Å². The van der Waals surface area contributed by atoms with Gasteiger partial charge in [-0.15, -0.1) is 0 Å². The van der Waals surface area contributed by atoms with E-state index in [1.165, 1.54) is 84.4 Å². The second kappa shape index (κ2) is 13.5. The number of hydrogen-bond donors (Lipinski definition) is 0. The van der Waals surface area contributed by atoms with Crippen molar-refractivity contribution < 1.29 is 0 Å². The molecular weight excluding hydrogens is 432 g/mol. The largest absolute Gasteiger partial charge is 0.0651 e. The van der Waals surface area contributed by atoms with E-state index in [9.17, 15) is 0 Å². The molecule has 0 aliphatic carbocycles. The van der Waals surface area contributed by atoms with E-state index < -0.39 is 0 Å². The molecule has 0 nitrogen and oxygen atoms in total. The molecule has 0 radical (unpaired) electrons. The number of aryl methyl sites for hydroxylation is 2. The lowest BCUT2D eigenvalue weighted by Gasteiger charge is -2.22. The quantitative estimate of drug-likeness (QED) is 0.226. The SMILES string of the molecule is CCC(CCC(C)C)Cc1cc(-c2ccc(C)cc2)cc2c(CC(CC)CCC(C)C)cc(C)cc12. The van der Waals surface area contributed by atoms with E-state index in [4.69, 9.17) is 0 Å². The first kappa shape index (κ1) is 28.5. The van der Waals surface area contributed by atoms with Gasteiger partial charge in [0.1, 0.15) is 0 Å². The fraction of sp³-hybridized carbons (Fsp3) is 0.556. The number of hydrogen-bond acceptors (Lipinski definition) is 0. The molecule has 2 atom stereocenters. The molecule has 196 valence electrons. The highest BCUT2D eigenvalue weighted by molar-refractivity contribution is 5.93. The maximum Gasteiger partial charge on any atom is -0.0143 e. The smallest absolute Gasteiger partial charge is 0.0143 e. The summed E-state index contributed by atoms with van der Waals surface area (Å²) in [7, 11) is 0. The van der Waals surface area contributed by atoms with E-state index in [2.05, 4.69) is 104 Å². The highest BCUT2D eigenvalue weighted by Gasteiger charge is 2.17. The molecule has 0 saturated carbocycles. The Morgan fingerprint density at radius 1 is 0.528 bits per heavy atom. The molecule has 3 rings (SSSR count). The van der Waals surface area contributed by atoms with Gasteiger partial charge in [-0.05, 0) is 102 Å². The summed E-state index contributed by atoms with van der Waals surface area (Å²) in [6.45, 7) is 18.7. The molecule has 36 heavy (non-hydrogen) atoms. The Morgan fingerprint density at radius 3 is 1.53 bits per heavy atom. The molecule has 0 aliphatic rings. The molecule has 0 aliphatic heterocycles. The third-order valence-corrected chi connectivity index (χ3v) is 8.25. The third-order valence-electron chi connectivity index (χ3n) is 8.25. The van der Waals surface area contributed by atoms with E-state index in [1.54, 1.807) is 11.1 Å². The molecule has 0 saturated heterocycles. The molecule has 0 N–H and O–H groups in total. The van der Waals surface area contributed by atoms with Gasteiger partial charge in [0.15, 0.2) is 0 Å². The van der Waals surface area contributed by atoms with Gasteiger partial charge in [-0.2, -0.15) is 0 Å². The highest BCUT2D eigenvalue weighted by Crippen LogP contribution is 2.35. The lowest BCUT2D eigenvalue weighted by molar-refractivity contribution is 0.411. The Labute approximate surface area is 222 Å². The van der Waals surface area contributed by atoms with Gasteiger partial charge >= 0.3 is 0 Å². The van der Waals surface area contributed by atoms with Crippen LogP contribution in [0.1, 0.15) is 102 Å². The molecule has 0 amide bonds. The van der Waals surface area contributed by atoms with Crippen LogP contribution < -0.4 is 0 Å². The minimum Gasteiger partial charge on any atom is -0.0651 e. The van der Waals surface area contributed by atoms with Crippen molar-refractivity contribution in [1.29, 1.82) is 0 Å². The summed E-state index contributed by atoms with van der Waals surface area (Å²) in [5.74, 6) is 3.07. The summed E-state index contributed by atoms with van der Waals surface area (Å²) in [6, 6.07) is 19.1. The maximum atomic E-state index is 2.52. The van der Waals surface area contributed by atoms with Gasteiger partial charge in [-0.1, -0.05) is 121 Å². The summed E-state index contributed by atoms with van der Waals surface area (Å²) >= 11 is 0. The molecule has 0 heteroatoms. The van der Waals surface area contributed by atoms with Crippen molar-refractivity contribution in [3.8, 4) is 11.1 Å². The van der Waals surface area contributed by atoms with Gasteiger partial charge < -0.3 is 0 Å². The van der Waals surface area contributed by atoms with Crippen LogP contribution in [0, 0.1) is 37.5 Å². The lowest BCUT2D eigenvalue weighted by atomic mass is 9.83. The van der Waals surface area contributed by atoms with Crippen LogP contribution in [0.25, 0.3) is 21.9 Å². The zero-order chi connectivity index (χ0) is 26.2. The minimum atomic E-state index is 0.752. The zero-order valence-corrected chi connectivity index (χ0v) is 24.6. The van der Waals surface area contributed by atoms with E-state index >= 15 is 0 Å². The first-order valence-corrected chi connectivity index (χ1v) is 14.8. The molecule has 0 aromatic heterocycles. The number of fused-ring (bicyclic) bond motifs is 1. The van der Waals surface area contributed by atoms with Crippen molar-refractivity contribution in [3.63, 3.8) is 0 Å². The van der Waals surface area contributed by atoms with Gasteiger partial charge in [0, 0.05) is 0 Å². The van der Waals surface area contributed by atoms with Crippen molar-refractivity contribution in [1.82, 2.24) is 0 Å². The van der Waals surface area contributed by atoms with Crippen LogP contribution in [0.3, 0.4) is 0 Å². The van der Waals surface area contributed by atoms with E-state index in [-0.39, 0.29) is 0 Å². The predicted octanol–water partition coefficient (Wildman–Crippen LogP) is 11.1. The van der Waals surface area contributed by atoms with E-state index in [1.807, 2.05) is 0 Å². The van der Waals surface area contributed by atoms with Crippen molar-refractivity contribution in [2.24, 2.45) is 23.7 Å². The van der Waals surface area contributed by atoms with Crippen LogP contribution >= 0.6 is 0 Å². The minimum absolute atomic E-state index is 0.752. The Bertz CT molecular complexity index is 1080. The van der Waals surface area contributed by atoms with Crippen molar-refractivity contribution in [2.45, 2.75) is 107 Å². The monoisotopic (exact) mass is 484 g/mol. The van der Waals surface area contributed by atoms with Gasteiger partial charge in [-0.25, -0.2) is 0 Å². The lowest BCUT2D eigenvalue weighted by Crippen LogP contribution is -2.08. The first-order chi connectivity index (χ1) is 17.2. The third kappa shape index (κ3) is 7.96. The van der Waals surface area contributed by atoms with Gasteiger partial charge in [0.05, 0.1) is 0 Å². The van der Waals surface area contributed by atoms with Crippen LogP contribution in [-0.4, -0.2) is 0 Å². The average molecular weight is 485 g/mol. The van der Waals surface area contributed by atoms with Crippen LogP contribution in [0.2, 0.25) is 0 Å². The van der Waals surface area contributed by atoms with Gasteiger partial charge in [0.25, 0.3) is 0 Å². The molecule has 2 unspecified atom stereocenters. The van der Waals surface area contributed by atoms with Crippen LogP contribution in [0.15, 0.2) is 48.5 Å². The standard InChI is InChI=1S/C36H52/c1-9-29(15-11-25(3)4)21-33-19-28(8)20-35-34(22-30(10-2)16-12-26(5)6)23-32(24-36(33)35)31-17-13-27(7)14-18-31/h13-14,17-20,23-26,29-30H,9-12,15-16,21-22H2,1-8H3. The Balaban J connectivity index is 2.10. The van der Waals surface area contributed by atoms with Gasteiger partial charge in [0.2, 0.25) is 0 Å². The molecule has 0 bridgehead atoms. The molecular formula is C36H52. The van der Waals surface area contributed by atoms with E-state index in [0.717, 1.165) is 23.7 Å². The Morgan fingerprint density at radius 2 is 1.03 bits per heavy atom. The van der Waals surface area contributed by atoms with Crippen molar-refractivity contribution >= 4 is 10.8 Å². The molecule has 0 spiro atoms. The van der Waals surface area contributed by atoms with Crippen molar-refractivity contribution in [3.05, 3.63) is 70.8 Å². The summed E-state index contributed by atoms with van der Waals surface area (Å²) in [5.41, 5.74) is 8.58. The summed E-state index contributed by atoms with van der Waals surface area (Å²) in [6.07, 6.45) is 10.2. The fourth-order valence-corrected chi connectivity index (χ4v) is 5.68. The normalized spacial score (nSPS) is 13.6. The number of rotatable bonds is 13. The second-order valence-electron chi connectivity index (χ2n) is 12.4. The molecule has 3 aromatic rings. The van der Waals surface area contributed by atoms with Crippen molar-refractivity contribution in [2.75, 3.05) is 0 Å². The fourth-order valence-electron chi connectivity index (χ4n) is 5.68. The predicted molar refractivity (Wildman–Crippen MR) is 162 cm³/mol. The van der Waals surface area contributed by atoms with Gasteiger partial charge in [-0.3, -0.25) is 0 Å². The molecule has 0 heterocycles. The highest BCUT2D eigenvalue weighted by atomic mass is 14.2. The zero-order valence-electron chi connectivity index (χ0n) is 24.6. The second-order valence-corrected chi connectivity index (χ2v) is 12.4. The van der Waals surface area contributed by atoms with Crippen LogP contribution in [0.4, 0.5) is 0 Å². The maximum absolute atomic E-state index is 2.52. The van der Waals surface area contributed by atoms with E-state index in [0.29, 0.717) is 0 Å². The Kier molecular flexibility index (Phi) is 10.7. The summed E-state index contributed by atoms with van der Waals surface area (Å²) in [5, 5.41) is 3.00. The molecule has 3 aromatic carbocycles. The number of benzene rings is 3. The van der Waals surface area contributed by atoms with Crippen LogP contribution in [0.5, 0.6) is 0 Å². The summed E-state index contributed by atoms with van der Waals surface area (Å²) in [4.78, 5) is 0. The molecule has 0 fully saturated rings. The average Bonchev–Trinajstić information content (AvgIpc) is 2.84. The Hall–Kier alpha value is -2.08.